The monoisotopic (exact) mass is 244 g/mol. The quantitative estimate of drug-likeness (QED) is 0.528. The summed E-state index contributed by atoms with van der Waals surface area (Å²) in [5.41, 5.74) is 6.21. The Balaban J connectivity index is 2.86. The smallest absolute Gasteiger partial charge is 0.0680 e. The lowest BCUT2D eigenvalue weighted by Gasteiger charge is -2.31. The predicted octanol–water partition coefficient (Wildman–Crippen LogP) is 4.96. The Morgan fingerprint density at radius 3 is 0.765 bits per heavy atom. The molecule has 0 bridgehead atoms. The van der Waals surface area contributed by atoms with Gasteiger partial charge in [-0.1, -0.05) is 43.1 Å². The van der Waals surface area contributed by atoms with Crippen LogP contribution in [0.25, 0.3) is 0 Å². The molecule has 0 atom stereocenters. The van der Waals surface area contributed by atoms with Gasteiger partial charge >= 0.3 is 0 Å². The molecule has 2 heterocycles. The molecule has 0 unspecified atom stereocenters. The van der Waals surface area contributed by atoms with Crippen molar-refractivity contribution in [3.63, 3.8) is 0 Å². The summed E-state index contributed by atoms with van der Waals surface area (Å²) in [4.78, 5) is 0. The molecule has 0 aromatic rings. The van der Waals surface area contributed by atoms with Crippen molar-refractivity contribution in [2.45, 2.75) is 55.4 Å². The van der Waals surface area contributed by atoms with Gasteiger partial charge in [-0.2, -0.15) is 0 Å². The van der Waals surface area contributed by atoms with Crippen LogP contribution in [0.3, 0.4) is 0 Å². The topological polar surface area (TPSA) is 0 Å². The number of rotatable bonds is 0. The Hall–Kier alpha value is -0.823. The molecule has 1 spiro atoms. The summed E-state index contributed by atoms with van der Waals surface area (Å²) in [6, 6.07) is 0. The number of allylic oxidation sites excluding steroid dienone is 8. The molecule has 17 heavy (non-hydrogen) atoms. The van der Waals surface area contributed by atoms with E-state index in [0.29, 0.717) is 0 Å². The van der Waals surface area contributed by atoms with Crippen LogP contribution >= 0.6 is 0 Å². The zero-order valence-electron chi connectivity index (χ0n) is 12.5. The van der Waals surface area contributed by atoms with E-state index in [2.05, 4.69) is 55.4 Å². The maximum Gasteiger partial charge on any atom is 0.163 e. The highest BCUT2D eigenvalue weighted by Gasteiger charge is 2.49. The minimum atomic E-state index is -1.62. The summed E-state index contributed by atoms with van der Waals surface area (Å²) in [7, 11) is -1.62. The molecule has 0 aromatic heterocycles. The molecule has 0 amide bonds. The minimum Gasteiger partial charge on any atom is -0.0680 e. The average molecular weight is 244 g/mol. The Bertz CT molecular complexity index is 434. The Morgan fingerprint density at radius 1 is 0.412 bits per heavy atom. The fourth-order valence-corrected chi connectivity index (χ4v) is 10.3. The highest BCUT2D eigenvalue weighted by molar-refractivity contribution is 7.05. The van der Waals surface area contributed by atoms with Gasteiger partial charge in [0.1, 0.15) is 0 Å². The van der Waals surface area contributed by atoms with Crippen molar-refractivity contribution in [3.8, 4) is 0 Å². The third-order valence-electron chi connectivity index (χ3n) is 5.62. The van der Waals surface area contributed by atoms with Crippen LogP contribution in [-0.4, -0.2) is 8.07 Å². The normalized spacial score (nSPS) is 24.0. The van der Waals surface area contributed by atoms with E-state index in [9.17, 15) is 0 Å². The second-order valence-electron chi connectivity index (χ2n) is 5.75. The highest BCUT2D eigenvalue weighted by atomic mass is 28.3. The van der Waals surface area contributed by atoms with Crippen LogP contribution in [0.5, 0.6) is 0 Å². The van der Waals surface area contributed by atoms with E-state index in [1.165, 1.54) is 0 Å². The van der Waals surface area contributed by atoms with Gasteiger partial charge in [-0.05, 0) is 55.4 Å². The number of hydrogen-bond donors (Lipinski definition) is 0. The first kappa shape index (κ1) is 12.6. The molecule has 2 rings (SSSR count). The molecule has 2 aliphatic rings. The van der Waals surface area contributed by atoms with Crippen LogP contribution in [0.15, 0.2) is 43.1 Å². The van der Waals surface area contributed by atoms with E-state index in [4.69, 9.17) is 0 Å². The van der Waals surface area contributed by atoms with Crippen LogP contribution < -0.4 is 0 Å². The van der Waals surface area contributed by atoms with Gasteiger partial charge in [0.15, 0.2) is 8.07 Å². The van der Waals surface area contributed by atoms with Crippen molar-refractivity contribution in [1.82, 2.24) is 0 Å². The zero-order valence-corrected chi connectivity index (χ0v) is 13.5. The van der Waals surface area contributed by atoms with Gasteiger partial charge in [0.2, 0.25) is 0 Å². The minimum absolute atomic E-state index is 1.55. The summed E-state index contributed by atoms with van der Waals surface area (Å²) >= 11 is 0. The maximum absolute atomic E-state index is 2.38. The Kier molecular flexibility index (Phi) is 2.66. The molecule has 2 aliphatic heterocycles. The molecule has 0 aromatic carbocycles. The van der Waals surface area contributed by atoms with E-state index in [1.807, 2.05) is 0 Å². The van der Waals surface area contributed by atoms with E-state index in [0.717, 1.165) is 0 Å². The summed E-state index contributed by atoms with van der Waals surface area (Å²) in [6.07, 6.45) is 0. The van der Waals surface area contributed by atoms with Gasteiger partial charge in [-0.25, -0.2) is 0 Å². The maximum atomic E-state index is 2.38. The van der Waals surface area contributed by atoms with Gasteiger partial charge in [0, 0.05) is 0 Å². The Morgan fingerprint density at radius 2 is 0.588 bits per heavy atom. The van der Waals surface area contributed by atoms with Crippen LogP contribution in [-0.2, 0) is 0 Å². The molecule has 0 N–H and O–H groups in total. The molecule has 92 valence electrons. The lowest BCUT2D eigenvalue weighted by molar-refractivity contribution is 1.31. The molecular formula is C16H24Si. The third kappa shape index (κ3) is 1.18. The molecular weight excluding hydrogens is 220 g/mol. The van der Waals surface area contributed by atoms with Gasteiger partial charge < -0.3 is 0 Å². The van der Waals surface area contributed by atoms with Gasteiger partial charge in [-0.3, -0.25) is 0 Å². The highest BCUT2D eigenvalue weighted by Crippen LogP contribution is 2.52. The van der Waals surface area contributed by atoms with Crippen molar-refractivity contribution in [2.75, 3.05) is 0 Å². The van der Waals surface area contributed by atoms with Crippen molar-refractivity contribution in [3.05, 3.63) is 43.1 Å². The standard InChI is InChI=1S/C16H24Si/c1-9-10(2)14(6)17(13(9)5)15(7)11(3)12(4)16(17)8/h1-8H3. The van der Waals surface area contributed by atoms with Crippen molar-refractivity contribution >= 4 is 8.07 Å². The van der Waals surface area contributed by atoms with E-state index in [-0.39, 0.29) is 0 Å². The lowest BCUT2D eigenvalue weighted by atomic mass is 10.1. The number of hydrogen-bond acceptors (Lipinski definition) is 0. The first-order valence-corrected chi connectivity index (χ1v) is 8.50. The molecule has 0 saturated carbocycles. The van der Waals surface area contributed by atoms with Crippen LogP contribution in [0.4, 0.5) is 0 Å². The van der Waals surface area contributed by atoms with E-state index < -0.39 is 8.07 Å². The lowest BCUT2D eigenvalue weighted by Crippen LogP contribution is -2.39. The van der Waals surface area contributed by atoms with Crippen LogP contribution in [0.2, 0.25) is 0 Å². The summed E-state index contributed by atoms with van der Waals surface area (Å²) in [6.45, 7) is 18.7. The molecule has 0 aliphatic carbocycles. The summed E-state index contributed by atoms with van der Waals surface area (Å²) < 4.78 is 0. The van der Waals surface area contributed by atoms with E-state index in [1.54, 1.807) is 43.1 Å². The van der Waals surface area contributed by atoms with Crippen molar-refractivity contribution < 1.29 is 0 Å². The molecule has 0 nitrogen and oxygen atoms in total. The second-order valence-corrected chi connectivity index (χ2v) is 10.2. The molecule has 1 heteroatoms. The second kappa shape index (κ2) is 3.58. The molecule has 0 saturated heterocycles. The van der Waals surface area contributed by atoms with Crippen molar-refractivity contribution in [2.24, 2.45) is 0 Å². The zero-order chi connectivity index (χ0) is 13.1. The van der Waals surface area contributed by atoms with E-state index >= 15 is 0 Å². The SMILES string of the molecule is CC1=C(C)[Si]2(C(C)=C1C)C(C)=C(C)C(C)=C2C. The van der Waals surface area contributed by atoms with Gasteiger partial charge in [-0.15, -0.1) is 0 Å². The van der Waals surface area contributed by atoms with Crippen molar-refractivity contribution in [1.29, 1.82) is 0 Å². The van der Waals surface area contributed by atoms with Gasteiger partial charge in [0.05, 0.1) is 0 Å². The fraction of sp³-hybridized carbons (Fsp3) is 0.500. The average Bonchev–Trinajstić information content (AvgIpc) is 2.58. The summed E-state index contributed by atoms with van der Waals surface area (Å²) in [5, 5.41) is 6.72. The summed E-state index contributed by atoms with van der Waals surface area (Å²) in [5.74, 6) is 0. The van der Waals surface area contributed by atoms with Gasteiger partial charge in [0.25, 0.3) is 0 Å². The van der Waals surface area contributed by atoms with Crippen LogP contribution in [0, 0.1) is 0 Å². The first-order valence-electron chi connectivity index (χ1n) is 6.50. The largest absolute Gasteiger partial charge is 0.163 e. The molecule has 0 radical (unpaired) electrons. The first-order chi connectivity index (χ1) is 7.77. The predicted molar refractivity (Wildman–Crippen MR) is 79.3 cm³/mol. The Labute approximate surface area is 107 Å². The fourth-order valence-electron chi connectivity index (χ4n) is 3.94. The van der Waals surface area contributed by atoms with Crippen LogP contribution in [0.1, 0.15) is 55.4 Å². The molecule has 0 fully saturated rings. The third-order valence-corrected chi connectivity index (χ3v) is 11.6.